The van der Waals surface area contributed by atoms with Crippen molar-refractivity contribution in [1.29, 1.82) is 0 Å². The normalized spacial score (nSPS) is 12.6. The maximum absolute atomic E-state index is 6.04. The Hall–Kier alpha value is -0.600. The molecular formula is C12H16BrN. The summed E-state index contributed by atoms with van der Waals surface area (Å²) in [6, 6.07) is 4.33. The van der Waals surface area contributed by atoms with Gasteiger partial charge < -0.3 is 5.73 Å². The highest BCUT2D eigenvalue weighted by Crippen LogP contribution is 2.25. The Morgan fingerprint density at radius 1 is 1.43 bits per heavy atom. The van der Waals surface area contributed by atoms with E-state index in [2.05, 4.69) is 48.5 Å². The minimum atomic E-state index is 0.0688. The fourth-order valence-electron chi connectivity index (χ4n) is 1.51. The number of benzene rings is 1. The molecule has 0 aromatic heterocycles. The molecule has 0 fully saturated rings. The van der Waals surface area contributed by atoms with Gasteiger partial charge >= 0.3 is 0 Å². The molecule has 1 aromatic carbocycles. The molecule has 0 radical (unpaired) electrons. The lowest BCUT2D eigenvalue weighted by atomic mass is 9.97. The van der Waals surface area contributed by atoms with E-state index in [0.29, 0.717) is 0 Å². The van der Waals surface area contributed by atoms with Gasteiger partial charge in [-0.15, -0.1) is 6.58 Å². The van der Waals surface area contributed by atoms with Crippen LogP contribution in [0.4, 0.5) is 0 Å². The van der Waals surface area contributed by atoms with Gasteiger partial charge in [0.1, 0.15) is 0 Å². The molecule has 0 aliphatic carbocycles. The van der Waals surface area contributed by atoms with Crippen LogP contribution in [-0.2, 0) is 0 Å². The Kier molecular flexibility index (Phi) is 3.90. The lowest BCUT2D eigenvalue weighted by molar-refractivity contribution is 0.734. The molecule has 0 saturated heterocycles. The number of halogens is 1. The molecule has 1 rings (SSSR count). The molecule has 0 heterocycles. The summed E-state index contributed by atoms with van der Waals surface area (Å²) >= 11 is 3.51. The van der Waals surface area contributed by atoms with Gasteiger partial charge in [0.05, 0.1) is 0 Å². The Labute approximate surface area is 94.1 Å². The predicted molar refractivity (Wildman–Crippen MR) is 65.4 cm³/mol. The van der Waals surface area contributed by atoms with Crippen molar-refractivity contribution in [3.8, 4) is 0 Å². The van der Waals surface area contributed by atoms with Crippen molar-refractivity contribution in [1.82, 2.24) is 0 Å². The fourth-order valence-corrected chi connectivity index (χ4v) is 1.97. The number of hydrogen-bond donors (Lipinski definition) is 1. The average Bonchev–Trinajstić information content (AvgIpc) is 2.11. The molecule has 76 valence electrons. The van der Waals surface area contributed by atoms with Crippen molar-refractivity contribution < 1.29 is 0 Å². The van der Waals surface area contributed by atoms with Gasteiger partial charge in [-0.25, -0.2) is 0 Å². The molecule has 0 spiro atoms. The monoisotopic (exact) mass is 253 g/mol. The van der Waals surface area contributed by atoms with Crippen molar-refractivity contribution in [3.63, 3.8) is 0 Å². The van der Waals surface area contributed by atoms with E-state index in [-0.39, 0.29) is 6.04 Å². The van der Waals surface area contributed by atoms with E-state index in [9.17, 15) is 0 Å². The molecule has 1 atom stereocenters. The zero-order valence-corrected chi connectivity index (χ0v) is 10.3. The SMILES string of the molecule is C=CC[C@@H](N)c1cc(C)c(Br)cc1C. The Morgan fingerprint density at radius 2 is 2.07 bits per heavy atom. The molecule has 0 aliphatic heterocycles. The van der Waals surface area contributed by atoms with E-state index in [4.69, 9.17) is 5.73 Å². The van der Waals surface area contributed by atoms with Crippen LogP contribution in [0.5, 0.6) is 0 Å². The van der Waals surface area contributed by atoms with E-state index in [1.54, 1.807) is 0 Å². The second kappa shape index (κ2) is 4.76. The van der Waals surface area contributed by atoms with Crippen LogP contribution in [0.2, 0.25) is 0 Å². The molecule has 2 N–H and O–H groups in total. The van der Waals surface area contributed by atoms with Gasteiger partial charge in [0, 0.05) is 10.5 Å². The highest BCUT2D eigenvalue weighted by atomic mass is 79.9. The molecule has 0 bridgehead atoms. The summed E-state index contributed by atoms with van der Waals surface area (Å²) < 4.78 is 1.14. The van der Waals surface area contributed by atoms with Crippen LogP contribution in [-0.4, -0.2) is 0 Å². The van der Waals surface area contributed by atoms with Gasteiger partial charge in [-0.1, -0.05) is 28.1 Å². The Bertz CT molecular complexity index is 344. The van der Waals surface area contributed by atoms with Crippen LogP contribution in [0.3, 0.4) is 0 Å². The first-order valence-corrected chi connectivity index (χ1v) is 5.48. The summed E-state index contributed by atoms with van der Waals surface area (Å²) in [6.07, 6.45) is 2.68. The molecule has 0 aliphatic rings. The second-order valence-corrected chi connectivity index (χ2v) is 4.44. The van der Waals surface area contributed by atoms with Gasteiger partial charge in [0.15, 0.2) is 0 Å². The number of rotatable bonds is 3. The standard InChI is InChI=1S/C12H16BrN/c1-4-5-12(14)10-6-9(3)11(13)7-8(10)2/h4,6-7,12H,1,5,14H2,2-3H3/t12-/m1/s1. The first-order chi connectivity index (χ1) is 6.56. The largest absolute Gasteiger partial charge is 0.324 e. The maximum Gasteiger partial charge on any atom is 0.0332 e. The molecule has 14 heavy (non-hydrogen) atoms. The molecule has 1 aromatic rings. The van der Waals surface area contributed by atoms with Crippen LogP contribution in [0.25, 0.3) is 0 Å². The van der Waals surface area contributed by atoms with Crippen molar-refractivity contribution in [3.05, 3.63) is 46.0 Å². The van der Waals surface area contributed by atoms with Gasteiger partial charge in [-0.2, -0.15) is 0 Å². The van der Waals surface area contributed by atoms with Crippen LogP contribution in [0, 0.1) is 13.8 Å². The fraction of sp³-hybridized carbons (Fsp3) is 0.333. The highest BCUT2D eigenvalue weighted by molar-refractivity contribution is 9.10. The van der Waals surface area contributed by atoms with Crippen LogP contribution in [0.15, 0.2) is 29.3 Å². The van der Waals surface area contributed by atoms with Gasteiger partial charge in [0.25, 0.3) is 0 Å². The number of nitrogens with two attached hydrogens (primary N) is 1. The third kappa shape index (κ3) is 2.46. The highest BCUT2D eigenvalue weighted by Gasteiger charge is 2.09. The van der Waals surface area contributed by atoms with E-state index in [1.165, 1.54) is 16.7 Å². The zero-order valence-electron chi connectivity index (χ0n) is 8.68. The minimum absolute atomic E-state index is 0.0688. The predicted octanol–water partition coefficient (Wildman–Crippen LogP) is 3.64. The third-order valence-corrected chi connectivity index (χ3v) is 3.22. The maximum atomic E-state index is 6.04. The summed E-state index contributed by atoms with van der Waals surface area (Å²) in [7, 11) is 0. The van der Waals surface area contributed by atoms with E-state index in [0.717, 1.165) is 10.9 Å². The van der Waals surface area contributed by atoms with Crippen LogP contribution < -0.4 is 5.73 Å². The van der Waals surface area contributed by atoms with Gasteiger partial charge in [-0.3, -0.25) is 0 Å². The van der Waals surface area contributed by atoms with Crippen molar-refractivity contribution in [2.75, 3.05) is 0 Å². The molecule has 1 nitrogen and oxygen atoms in total. The smallest absolute Gasteiger partial charge is 0.0332 e. The topological polar surface area (TPSA) is 26.0 Å². The molecule has 0 amide bonds. The van der Waals surface area contributed by atoms with Crippen LogP contribution >= 0.6 is 15.9 Å². The number of aryl methyl sites for hydroxylation is 2. The van der Waals surface area contributed by atoms with Gasteiger partial charge in [-0.05, 0) is 43.0 Å². The molecule has 0 saturated carbocycles. The van der Waals surface area contributed by atoms with Crippen molar-refractivity contribution in [2.45, 2.75) is 26.3 Å². The summed E-state index contributed by atoms with van der Waals surface area (Å²) in [5.41, 5.74) is 9.71. The lowest BCUT2D eigenvalue weighted by Gasteiger charge is -2.14. The molecule has 0 unspecified atom stereocenters. The minimum Gasteiger partial charge on any atom is -0.324 e. The summed E-state index contributed by atoms with van der Waals surface area (Å²) in [5, 5.41) is 0. The Balaban J connectivity index is 3.08. The summed E-state index contributed by atoms with van der Waals surface area (Å²) in [4.78, 5) is 0. The van der Waals surface area contributed by atoms with Crippen molar-refractivity contribution >= 4 is 15.9 Å². The van der Waals surface area contributed by atoms with E-state index < -0.39 is 0 Å². The summed E-state index contributed by atoms with van der Waals surface area (Å²) in [6.45, 7) is 7.87. The lowest BCUT2D eigenvalue weighted by Crippen LogP contribution is -2.11. The average molecular weight is 254 g/mol. The third-order valence-electron chi connectivity index (χ3n) is 2.37. The molecular weight excluding hydrogens is 238 g/mol. The van der Waals surface area contributed by atoms with Gasteiger partial charge in [0.2, 0.25) is 0 Å². The van der Waals surface area contributed by atoms with Crippen molar-refractivity contribution in [2.24, 2.45) is 5.73 Å². The number of hydrogen-bond acceptors (Lipinski definition) is 1. The first-order valence-electron chi connectivity index (χ1n) is 4.69. The first kappa shape index (κ1) is 11.5. The summed E-state index contributed by atoms with van der Waals surface area (Å²) in [5.74, 6) is 0. The van der Waals surface area contributed by atoms with E-state index in [1.807, 2.05) is 6.08 Å². The quantitative estimate of drug-likeness (QED) is 0.819. The Morgan fingerprint density at radius 3 is 2.64 bits per heavy atom. The second-order valence-electron chi connectivity index (χ2n) is 3.59. The van der Waals surface area contributed by atoms with E-state index >= 15 is 0 Å². The van der Waals surface area contributed by atoms with Crippen LogP contribution in [0.1, 0.15) is 29.2 Å². The zero-order chi connectivity index (χ0) is 10.7. The molecule has 2 heteroatoms.